The number of hydrogen-bond acceptors (Lipinski definition) is 5. The maximum atomic E-state index is 5.60. The van der Waals surface area contributed by atoms with Crippen LogP contribution in [0.1, 0.15) is 26.7 Å². The molecule has 20 heavy (non-hydrogen) atoms. The van der Waals surface area contributed by atoms with Gasteiger partial charge in [-0.25, -0.2) is 9.97 Å². The maximum absolute atomic E-state index is 5.60. The van der Waals surface area contributed by atoms with Crippen molar-refractivity contribution in [2.75, 3.05) is 30.4 Å². The summed E-state index contributed by atoms with van der Waals surface area (Å²) in [5.74, 6) is 1.65. The van der Waals surface area contributed by atoms with Gasteiger partial charge < -0.3 is 19.8 Å². The predicted molar refractivity (Wildman–Crippen MR) is 79.2 cm³/mol. The lowest BCUT2D eigenvalue weighted by Gasteiger charge is -2.34. The number of imidazole rings is 1. The van der Waals surface area contributed by atoms with Gasteiger partial charge in [-0.1, -0.05) is 0 Å². The van der Waals surface area contributed by atoms with Crippen LogP contribution < -0.4 is 10.6 Å². The molecule has 3 heterocycles. The van der Waals surface area contributed by atoms with Gasteiger partial charge in [-0.15, -0.1) is 0 Å². The summed E-state index contributed by atoms with van der Waals surface area (Å²) < 4.78 is 7.58. The second kappa shape index (κ2) is 5.28. The van der Waals surface area contributed by atoms with Gasteiger partial charge in [0.2, 0.25) is 0 Å². The van der Waals surface area contributed by atoms with Crippen molar-refractivity contribution in [3.05, 3.63) is 18.6 Å². The first kappa shape index (κ1) is 13.2. The second-order valence-electron chi connectivity index (χ2n) is 5.50. The minimum Gasteiger partial charge on any atom is -0.379 e. The molecule has 0 bridgehead atoms. The van der Waals surface area contributed by atoms with Crippen molar-refractivity contribution >= 4 is 17.3 Å². The smallest absolute Gasteiger partial charge is 0.180 e. The highest BCUT2D eigenvalue weighted by atomic mass is 16.5. The molecule has 2 N–H and O–H groups in total. The van der Waals surface area contributed by atoms with E-state index in [1.54, 1.807) is 6.20 Å². The quantitative estimate of drug-likeness (QED) is 0.895. The fourth-order valence-corrected chi connectivity index (χ4v) is 2.60. The zero-order valence-electron chi connectivity index (χ0n) is 12.0. The lowest BCUT2D eigenvalue weighted by atomic mass is 9.95. The van der Waals surface area contributed by atoms with E-state index in [9.17, 15) is 0 Å². The average Bonchev–Trinajstić information content (AvgIpc) is 2.88. The van der Waals surface area contributed by atoms with E-state index in [1.165, 1.54) is 0 Å². The van der Waals surface area contributed by atoms with Crippen molar-refractivity contribution in [2.24, 2.45) is 0 Å². The molecule has 2 aromatic heterocycles. The number of ether oxygens (including phenoxy) is 1. The predicted octanol–water partition coefficient (Wildman–Crippen LogP) is 2.14. The van der Waals surface area contributed by atoms with E-state index in [2.05, 4.69) is 34.4 Å². The summed E-state index contributed by atoms with van der Waals surface area (Å²) in [5, 5.41) is 6.77. The minimum atomic E-state index is -0.0808. The number of hydrogen-bond donors (Lipinski definition) is 2. The number of aromatic nitrogens is 3. The van der Waals surface area contributed by atoms with E-state index in [1.807, 2.05) is 16.8 Å². The van der Waals surface area contributed by atoms with Crippen molar-refractivity contribution in [1.29, 1.82) is 0 Å². The Labute approximate surface area is 118 Å². The van der Waals surface area contributed by atoms with Crippen molar-refractivity contribution in [3.63, 3.8) is 0 Å². The highest BCUT2D eigenvalue weighted by molar-refractivity contribution is 5.66. The fourth-order valence-electron chi connectivity index (χ4n) is 2.60. The van der Waals surface area contributed by atoms with Crippen molar-refractivity contribution < 1.29 is 4.74 Å². The summed E-state index contributed by atoms with van der Waals surface area (Å²) >= 11 is 0. The first-order valence-corrected chi connectivity index (χ1v) is 7.14. The third-order valence-corrected chi connectivity index (χ3v) is 3.59. The van der Waals surface area contributed by atoms with Crippen LogP contribution in [0.3, 0.4) is 0 Å². The molecule has 0 saturated carbocycles. The molecule has 0 radical (unpaired) electrons. The van der Waals surface area contributed by atoms with Crippen LogP contribution >= 0.6 is 0 Å². The number of fused-ring (bicyclic) bond motifs is 1. The van der Waals surface area contributed by atoms with E-state index in [0.717, 1.165) is 43.3 Å². The van der Waals surface area contributed by atoms with Crippen LogP contribution in [0.5, 0.6) is 0 Å². The molecule has 1 atom stereocenters. The van der Waals surface area contributed by atoms with Crippen LogP contribution in [0.2, 0.25) is 0 Å². The van der Waals surface area contributed by atoms with Crippen molar-refractivity contribution in [2.45, 2.75) is 32.2 Å². The van der Waals surface area contributed by atoms with Gasteiger partial charge in [0.1, 0.15) is 5.82 Å². The van der Waals surface area contributed by atoms with Gasteiger partial charge in [0.25, 0.3) is 0 Å². The molecule has 0 aliphatic carbocycles. The molecule has 0 aromatic carbocycles. The fraction of sp³-hybridized carbons (Fsp3) is 0.571. The van der Waals surface area contributed by atoms with Gasteiger partial charge in [-0.05, 0) is 26.7 Å². The molecule has 1 aliphatic heterocycles. The van der Waals surface area contributed by atoms with E-state index in [4.69, 9.17) is 4.74 Å². The Morgan fingerprint density at radius 2 is 2.40 bits per heavy atom. The Bertz CT molecular complexity index is 588. The van der Waals surface area contributed by atoms with Crippen LogP contribution in [0.15, 0.2) is 18.6 Å². The summed E-state index contributed by atoms with van der Waals surface area (Å²) in [5.41, 5.74) is 0.765. The van der Waals surface area contributed by atoms with Gasteiger partial charge >= 0.3 is 0 Å². The molecule has 3 rings (SSSR count). The Balaban J connectivity index is 1.94. The van der Waals surface area contributed by atoms with Gasteiger partial charge in [0.15, 0.2) is 11.5 Å². The molecule has 1 unspecified atom stereocenters. The molecule has 6 nitrogen and oxygen atoms in total. The number of nitrogens with zero attached hydrogens (tertiary/aromatic N) is 3. The Hall–Kier alpha value is -1.82. The van der Waals surface area contributed by atoms with E-state index in [0.29, 0.717) is 6.61 Å². The Morgan fingerprint density at radius 3 is 3.15 bits per heavy atom. The van der Waals surface area contributed by atoms with Crippen LogP contribution in [0, 0.1) is 0 Å². The van der Waals surface area contributed by atoms with Gasteiger partial charge in [-0.2, -0.15) is 0 Å². The highest BCUT2D eigenvalue weighted by Gasteiger charge is 2.28. The number of anilines is 2. The normalized spacial score (nSPS) is 22.9. The minimum absolute atomic E-state index is 0.0808. The first-order valence-electron chi connectivity index (χ1n) is 7.14. The summed E-state index contributed by atoms with van der Waals surface area (Å²) in [7, 11) is 0. The molecule has 0 spiro atoms. The standard InChI is InChI=1S/C14H21N5O/c1-3-15-11-9-19-7-6-16-13(19)12(17-11)18-14(2)5-4-8-20-10-14/h6-7,9,15H,3-5,8,10H2,1-2H3,(H,17,18). The van der Waals surface area contributed by atoms with Crippen molar-refractivity contribution in [3.8, 4) is 0 Å². The number of rotatable bonds is 4. The molecule has 2 aromatic rings. The van der Waals surface area contributed by atoms with Gasteiger partial charge in [0, 0.05) is 25.5 Å². The highest BCUT2D eigenvalue weighted by Crippen LogP contribution is 2.26. The third kappa shape index (κ3) is 2.56. The maximum Gasteiger partial charge on any atom is 0.180 e. The molecule has 1 saturated heterocycles. The second-order valence-corrected chi connectivity index (χ2v) is 5.50. The molecular weight excluding hydrogens is 254 g/mol. The molecule has 1 fully saturated rings. The first-order chi connectivity index (χ1) is 9.70. The molecular formula is C14H21N5O. The summed E-state index contributed by atoms with van der Waals surface area (Å²) in [4.78, 5) is 9.03. The van der Waals surface area contributed by atoms with Gasteiger partial charge in [-0.3, -0.25) is 0 Å². The monoisotopic (exact) mass is 275 g/mol. The zero-order chi connectivity index (χ0) is 14.0. The van der Waals surface area contributed by atoms with Crippen LogP contribution in [-0.4, -0.2) is 39.7 Å². The third-order valence-electron chi connectivity index (χ3n) is 3.59. The number of nitrogens with one attached hydrogen (secondary N) is 2. The van der Waals surface area contributed by atoms with Crippen molar-refractivity contribution in [1.82, 2.24) is 14.4 Å². The lowest BCUT2D eigenvalue weighted by Crippen LogP contribution is -2.43. The molecule has 108 valence electrons. The molecule has 0 amide bonds. The topological polar surface area (TPSA) is 63.5 Å². The molecule has 1 aliphatic rings. The van der Waals surface area contributed by atoms with Gasteiger partial charge in [0.05, 0.1) is 18.3 Å². The summed E-state index contributed by atoms with van der Waals surface area (Å²) in [6.07, 6.45) is 7.82. The van der Waals surface area contributed by atoms with E-state index >= 15 is 0 Å². The lowest BCUT2D eigenvalue weighted by molar-refractivity contribution is 0.0539. The van der Waals surface area contributed by atoms with E-state index < -0.39 is 0 Å². The molecule has 6 heteroatoms. The van der Waals surface area contributed by atoms with E-state index in [-0.39, 0.29) is 5.54 Å². The van der Waals surface area contributed by atoms with Crippen LogP contribution in [-0.2, 0) is 4.74 Å². The zero-order valence-corrected chi connectivity index (χ0v) is 12.0. The van der Waals surface area contributed by atoms with Crippen LogP contribution in [0.4, 0.5) is 11.6 Å². The summed E-state index contributed by atoms with van der Waals surface area (Å²) in [6.45, 7) is 6.62. The van der Waals surface area contributed by atoms with Crippen LogP contribution in [0.25, 0.3) is 5.65 Å². The SMILES string of the molecule is CCNc1cn2ccnc2c(NC2(C)CCCOC2)n1. The summed E-state index contributed by atoms with van der Waals surface area (Å²) in [6, 6.07) is 0. The largest absolute Gasteiger partial charge is 0.379 e. The Kier molecular flexibility index (Phi) is 3.48. The Morgan fingerprint density at radius 1 is 1.50 bits per heavy atom. The average molecular weight is 275 g/mol.